The topological polar surface area (TPSA) is 75.6 Å². The van der Waals surface area contributed by atoms with E-state index in [2.05, 4.69) is 5.32 Å². The van der Waals surface area contributed by atoms with Crippen molar-refractivity contribution in [2.45, 2.75) is 25.3 Å². The molecule has 0 radical (unpaired) electrons. The first-order valence-electron chi connectivity index (χ1n) is 5.77. The van der Waals surface area contributed by atoms with Gasteiger partial charge < -0.3 is 15.2 Å². The normalized spacial score (nSPS) is 16.1. The number of aliphatic carboxylic acids is 1. The number of ether oxygens (including phenoxy) is 1. The van der Waals surface area contributed by atoms with E-state index in [0.717, 1.165) is 12.8 Å². The molecule has 2 rings (SSSR count). The van der Waals surface area contributed by atoms with Crippen LogP contribution in [0.15, 0.2) is 11.4 Å². The number of hydrogen-bond donors (Lipinski definition) is 2. The number of carbonyl (C=O) groups excluding carboxylic acids is 1. The number of carboxylic acid groups (broad SMARTS) is 1. The molecule has 2 N–H and O–H groups in total. The van der Waals surface area contributed by atoms with Crippen LogP contribution in [0.5, 0.6) is 5.75 Å². The average Bonchev–Trinajstić information content (AvgIpc) is 3.02. The third-order valence-electron chi connectivity index (χ3n) is 2.92. The zero-order valence-corrected chi connectivity index (χ0v) is 10.8. The Morgan fingerprint density at radius 2 is 2.33 bits per heavy atom. The van der Waals surface area contributed by atoms with Gasteiger partial charge in [-0.2, -0.15) is 0 Å². The number of carbonyl (C=O) groups is 2. The highest BCUT2D eigenvalue weighted by atomic mass is 32.1. The Bertz CT molecular complexity index is 453. The van der Waals surface area contributed by atoms with E-state index in [4.69, 9.17) is 9.84 Å². The average molecular weight is 269 g/mol. The highest BCUT2D eigenvalue weighted by Crippen LogP contribution is 2.33. The number of rotatable bonds is 6. The van der Waals surface area contributed by atoms with Gasteiger partial charge in [0.1, 0.15) is 16.7 Å². The summed E-state index contributed by atoms with van der Waals surface area (Å²) in [6, 6.07) is 0.882. The fourth-order valence-corrected chi connectivity index (χ4v) is 2.52. The number of thiophene rings is 1. The Labute approximate surface area is 109 Å². The van der Waals surface area contributed by atoms with E-state index in [1.54, 1.807) is 11.4 Å². The molecule has 1 aliphatic rings. The SMILES string of the molecule is COc1ccsc1C(=O)NC(CC1CC1)C(=O)O. The summed E-state index contributed by atoms with van der Waals surface area (Å²) < 4.78 is 5.04. The minimum absolute atomic E-state index is 0.380. The van der Waals surface area contributed by atoms with Crippen LogP contribution in [0.1, 0.15) is 28.9 Å². The van der Waals surface area contributed by atoms with Crippen molar-refractivity contribution in [3.05, 3.63) is 16.3 Å². The van der Waals surface area contributed by atoms with E-state index >= 15 is 0 Å². The predicted molar refractivity (Wildman–Crippen MR) is 67.1 cm³/mol. The molecule has 1 aliphatic carbocycles. The lowest BCUT2D eigenvalue weighted by atomic mass is 10.1. The first-order chi connectivity index (χ1) is 8.61. The molecule has 1 heterocycles. The zero-order valence-electron chi connectivity index (χ0n) is 10.0. The molecule has 5 nitrogen and oxygen atoms in total. The van der Waals surface area contributed by atoms with E-state index in [0.29, 0.717) is 23.0 Å². The Hall–Kier alpha value is -1.56. The smallest absolute Gasteiger partial charge is 0.326 e. The second-order valence-electron chi connectivity index (χ2n) is 4.36. The van der Waals surface area contributed by atoms with E-state index in [1.165, 1.54) is 18.4 Å². The van der Waals surface area contributed by atoms with Gasteiger partial charge in [0, 0.05) is 0 Å². The molecule has 0 aliphatic heterocycles. The summed E-state index contributed by atoms with van der Waals surface area (Å²) in [5, 5.41) is 13.4. The van der Waals surface area contributed by atoms with Crippen LogP contribution in [0.3, 0.4) is 0 Å². The van der Waals surface area contributed by atoms with E-state index in [9.17, 15) is 9.59 Å². The molecule has 98 valence electrons. The van der Waals surface area contributed by atoms with E-state index in [-0.39, 0.29) is 5.91 Å². The van der Waals surface area contributed by atoms with Gasteiger partial charge >= 0.3 is 5.97 Å². The van der Waals surface area contributed by atoms with Crippen LogP contribution in [0.25, 0.3) is 0 Å². The van der Waals surface area contributed by atoms with Crippen molar-refractivity contribution in [2.75, 3.05) is 7.11 Å². The van der Waals surface area contributed by atoms with Gasteiger partial charge in [-0.15, -0.1) is 11.3 Å². The lowest BCUT2D eigenvalue weighted by Crippen LogP contribution is -2.40. The summed E-state index contributed by atoms with van der Waals surface area (Å²) in [5.74, 6) is -0.439. The molecule has 0 saturated heterocycles. The maximum absolute atomic E-state index is 12.0. The molecule has 1 unspecified atom stereocenters. The molecule has 0 aromatic carbocycles. The lowest BCUT2D eigenvalue weighted by molar-refractivity contribution is -0.139. The summed E-state index contributed by atoms with van der Waals surface area (Å²) in [6.07, 6.45) is 2.62. The van der Waals surface area contributed by atoms with Crippen LogP contribution in [-0.4, -0.2) is 30.1 Å². The standard InChI is InChI=1S/C12H15NO4S/c1-17-9-4-5-18-10(9)11(14)13-8(12(15)16)6-7-2-3-7/h4-5,7-8H,2-3,6H2,1H3,(H,13,14)(H,15,16). The number of hydrogen-bond acceptors (Lipinski definition) is 4. The minimum Gasteiger partial charge on any atom is -0.495 e. The lowest BCUT2D eigenvalue weighted by Gasteiger charge is -2.13. The van der Waals surface area contributed by atoms with Gasteiger partial charge in [-0.1, -0.05) is 12.8 Å². The molecule has 1 aromatic heterocycles. The summed E-state index contributed by atoms with van der Waals surface area (Å²) in [5.41, 5.74) is 0. The Kier molecular flexibility index (Phi) is 3.86. The Balaban J connectivity index is 2.01. The summed E-state index contributed by atoms with van der Waals surface area (Å²) in [6.45, 7) is 0. The molecule has 0 bridgehead atoms. The molecule has 0 spiro atoms. The zero-order chi connectivity index (χ0) is 13.1. The van der Waals surface area contributed by atoms with Crippen molar-refractivity contribution in [2.24, 2.45) is 5.92 Å². The summed E-state index contributed by atoms with van der Waals surface area (Å²) in [7, 11) is 1.48. The molecule has 1 atom stereocenters. The Morgan fingerprint density at radius 1 is 1.61 bits per heavy atom. The molecular formula is C12H15NO4S. The number of methoxy groups -OCH3 is 1. The molecular weight excluding hydrogens is 254 g/mol. The monoisotopic (exact) mass is 269 g/mol. The van der Waals surface area contributed by atoms with Crippen molar-refractivity contribution in [1.29, 1.82) is 0 Å². The molecule has 1 saturated carbocycles. The van der Waals surface area contributed by atoms with Crippen LogP contribution in [0.4, 0.5) is 0 Å². The Morgan fingerprint density at radius 3 is 2.89 bits per heavy atom. The van der Waals surface area contributed by atoms with Gasteiger partial charge in [0.05, 0.1) is 7.11 Å². The summed E-state index contributed by atoms with van der Waals surface area (Å²) in [4.78, 5) is 23.5. The van der Waals surface area contributed by atoms with Gasteiger partial charge in [0.25, 0.3) is 5.91 Å². The predicted octanol–water partition coefficient (Wildman–Crippen LogP) is 1.74. The van der Waals surface area contributed by atoms with Crippen molar-refractivity contribution < 1.29 is 19.4 Å². The van der Waals surface area contributed by atoms with Crippen LogP contribution in [-0.2, 0) is 4.79 Å². The van der Waals surface area contributed by atoms with E-state index in [1.807, 2.05) is 0 Å². The van der Waals surface area contributed by atoms with Crippen LogP contribution in [0, 0.1) is 5.92 Å². The third-order valence-corrected chi connectivity index (χ3v) is 3.82. The van der Waals surface area contributed by atoms with Crippen molar-refractivity contribution >= 4 is 23.2 Å². The van der Waals surface area contributed by atoms with Crippen molar-refractivity contribution in [3.63, 3.8) is 0 Å². The number of amides is 1. The quantitative estimate of drug-likeness (QED) is 0.824. The fraction of sp³-hybridized carbons (Fsp3) is 0.500. The number of nitrogens with one attached hydrogen (secondary N) is 1. The summed E-state index contributed by atoms with van der Waals surface area (Å²) >= 11 is 1.24. The van der Waals surface area contributed by atoms with Crippen LogP contribution >= 0.6 is 11.3 Å². The van der Waals surface area contributed by atoms with Crippen molar-refractivity contribution in [1.82, 2.24) is 5.32 Å². The highest BCUT2D eigenvalue weighted by molar-refractivity contribution is 7.12. The first kappa shape index (κ1) is 12.9. The first-order valence-corrected chi connectivity index (χ1v) is 6.65. The van der Waals surface area contributed by atoms with Gasteiger partial charge in [0.2, 0.25) is 0 Å². The largest absolute Gasteiger partial charge is 0.495 e. The molecule has 1 fully saturated rings. The maximum Gasteiger partial charge on any atom is 0.326 e. The minimum atomic E-state index is -0.981. The van der Waals surface area contributed by atoms with Gasteiger partial charge in [0.15, 0.2) is 0 Å². The van der Waals surface area contributed by atoms with Gasteiger partial charge in [-0.3, -0.25) is 4.79 Å². The maximum atomic E-state index is 12.0. The second-order valence-corrected chi connectivity index (χ2v) is 5.28. The second kappa shape index (κ2) is 5.39. The fourth-order valence-electron chi connectivity index (χ4n) is 1.76. The third kappa shape index (κ3) is 3.01. The molecule has 1 amide bonds. The molecule has 6 heteroatoms. The highest BCUT2D eigenvalue weighted by Gasteiger charge is 2.31. The molecule has 1 aromatic rings. The van der Waals surface area contributed by atoms with Gasteiger partial charge in [-0.25, -0.2) is 4.79 Å². The number of carboxylic acids is 1. The van der Waals surface area contributed by atoms with Crippen LogP contribution in [0.2, 0.25) is 0 Å². The van der Waals surface area contributed by atoms with Crippen LogP contribution < -0.4 is 10.1 Å². The van der Waals surface area contributed by atoms with Gasteiger partial charge in [-0.05, 0) is 23.8 Å². The molecule has 18 heavy (non-hydrogen) atoms. The van der Waals surface area contributed by atoms with Crippen molar-refractivity contribution in [3.8, 4) is 5.75 Å². The van der Waals surface area contributed by atoms with E-state index < -0.39 is 12.0 Å².